The molecule has 154 valence electrons. The van der Waals surface area contributed by atoms with E-state index in [1.807, 2.05) is 43.3 Å². The summed E-state index contributed by atoms with van der Waals surface area (Å²) in [5.41, 5.74) is 0.999. The number of nitrogens with one attached hydrogen (secondary N) is 1. The van der Waals surface area contributed by atoms with Crippen LogP contribution in [0.5, 0.6) is 5.75 Å². The largest absolute Gasteiger partial charge is 0.497 e. The second-order valence-electron chi connectivity index (χ2n) is 8.03. The van der Waals surface area contributed by atoms with Crippen LogP contribution >= 0.6 is 0 Å². The van der Waals surface area contributed by atoms with Crippen molar-refractivity contribution in [2.24, 2.45) is 11.8 Å². The average Bonchev–Trinajstić information content (AvgIpc) is 2.74. The molecule has 1 N–H and O–H groups in total. The molecule has 2 atom stereocenters. The Hall–Kier alpha value is -2.08. The van der Waals surface area contributed by atoms with Gasteiger partial charge in [0, 0.05) is 26.6 Å². The second-order valence-corrected chi connectivity index (χ2v) is 8.03. The summed E-state index contributed by atoms with van der Waals surface area (Å²) in [5, 5.41) is 3.21. The third-order valence-electron chi connectivity index (χ3n) is 6.36. The van der Waals surface area contributed by atoms with Crippen molar-refractivity contribution < 1.29 is 14.3 Å². The minimum absolute atomic E-state index is 0.107. The molecule has 6 heteroatoms. The van der Waals surface area contributed by atoms with Crippen LogP contribution in [0, 0.1) is 11.8 Å². The van der Waals surface area contributed by atoms with Gasteiger partial charge in [0.15, 0.2) is 0 Å². The molecule has 2 unspecified atom stereocenters. The van der Waals surface area contributed by atoms with Crippen molar-refractivity contribution in [1.82, 2.24) is 15.1 Å². The van der Waals surface area contributed by atoms with Crippen LogP contribution in [0.2, 0.25) is 0 Å². The van der Waals surface area contributed by atoms with Gasteiger partial charge >= 0.3 is 0 Å². The predicted octanol–water partition coefficient (Wildman–Crippen LogP) is 2.45. The van der Waals surface area contributed by atoms with Crippen LogP contribution in [0.3, 0.4) is 0 Å². The molecule has 2 saturated heterocycles. The lowest BCUT2D eigenvalue weighted by Gasteiger charge is -2.42. The zero-order chi connectivity index (χ0) is 20.1. The summed E-state index contributed by atoms with van der Waals surface area (Å²) in [6.07, 6.45) is 4.38. The Morgan fingerprint density at radius 3 is 2.46 bits per heavy atom. The van der Waals surface area contributed by atoms with Gasteiger partial charge in [-0.05, 0) is 62.9 Å². The van der Waals surface area contributed by atoms with E-state index < -0.39 is 0 Å². The zero-order valence-electron chi connectivity index (χ0n) is 17.3. The van der Waals surface area contributed by atoms with E-state index in [1.54, 1.807) is 12.0 Å². The Labute approximate surface area is 168 Å². The van der Waals surface area contributed by atoms with Crippen molar-refractivity contribution in [2.75, 3.05) is 40.8 Å². The van der Waals surface area contributed by atoms with Crippen molar-refractivity contribution in [3.63, 3.8) is 0 Å². The monoisotopic (exact) mass is 387 g/mol. The third-order valence-corrected chi connectivity index (χ3v) is 6.36. The number of carbonyl (C=O) groups is 2. The number of piperidine rings is 2. The number of rotatable bonds is 6. The highest BCUT2D eigenvalue weighted by atomic mass is 16.5. The van der Waals surface area contributed by atoms with Crippen molar-refractivity contribution >= 4 is 11.8 Å². The van der Waals surface area contributed by atoms with Crippen LogP contribution in [-0.4, -0.2) is 62.5 Å². The van der Waals surface area contributed by atoms with Gasteiger partial charge in [0.1, 0.15) is 5.75 Å². The van der Waals surface area contributed by atoms with Crippen LogP contribution in [-0.2, 0) is 9.59 Å². The first-order chi connectivity index (χ1) is 13.5. The van der Waals surface area contributed by atoms with Gasteiger partial charge in [-0.15, -0.1) is 0 Å². The van der Waals surface area contributed by atoms with Crippen LogP contribution in [0.15, 0.2) is 24.3 Å². The number of ether oxygens (including phenoxy) is 1. The molecule has 28 heavy (non-hydrogen) atoms. The second kappa shape index (κ2) is 9.41. The molecular weight excluding hydrogens is 354 g/mol. The van der Waals surface area contributed by atoms with Crippen molar-refractivity contribution in [2.45, 2.75) is 38.1 Å². The summed E-state index contributed by atoms with van der Waals surface area (Å²) >= 11 is 0. The molecule has 2 aliphatic heterocycles. The maximum atomic E-state index is 13.4. The van der Waals surface area contributed by atoms with Crippen LogP contribution in [0.4, 0.5) is 0 Å². The molecular formula is C22H33N3O3. The molecule has 0 aromatic heterocycles. The van der Waals surface area contributed by atoms with Crippen molar-refractivity contribution in [3.8, 4) is 5.75 Å². The topological polar surface area (TPSA) is 61.9 Å². The summed E-state index contributed by atoms with van der Waals surface area (Å²) in [5.74, 6) is 1.61. The molecule has 3 rings (SSSR count). The predicted molar refractivity (Wildman–Crippen MR) is 109 cm³/mol. The molecule has 2 aliphatic rings. The molecule has 1 aromatic carbocycles. The fraction of sp³-hybridized carbons (Fsp3) is 0.636. The van der Waals surface area contributed by atoms with Crippen LogP contribution in [0.25, 0.3) is 0 Å². The Morgan fingerprint density at radius 2 is 1.86 bits per heavy atom. The molecule has 0 aliphatic carbocycles. The Bertz CT molecular complexity index is 668. The molecule has 6 nitrogen and oxygen atoms in total. The minimum atomic E-state index is -0.207. The number of carbonyl (C=O) groups excluding carboxylic acids is 2. The van der Waals surface area contributed by atoms with E-state index in [-0.39, 0.29) is 23.8 Å². The highest BCUT2D eigenvalue weighted by Gasteiger charge is 2.41. The lowest BCUT2D eigenvalue weighted by molar-refractivity contribution is -0.147. The van der Waals surface area contributed by atoms with E-state index in [9.17, 15) is 9.59 Å². The fourth-order valence-corrected chi connectivity index (χ4v) is 4.58. The maximum absolute atomic E-state index is 13.4. The standard InChI is InChI=1S/C22H33N3O3/c1-23-13-10-16-11-14-25(15-12-16)22(27)19-8-9-20(26)24(2)21(19)17-4-6-18(28-3)7-5-17/h4-7,16,19,21,23H,8-15H2,1-3H3. The number of hydrogen-bond donors (Lipinski definition) is 1. The molecule has 2 heterocycles. The summed E-state index contributed by atoms with van der Waals surface area (Å²) in [4.78, 5) is 29.5. The van der Waals surface area contributed by atoms with E-state index in [1.165, 1.54) is 6.42 Å². The minimum Gasteiger partial charge on any atom is -0.497 e. The van der Waals surface area contributed by atoms with E-state index >= 15 is 0 Å². The number of amides is 2. The van der Waals surface area contributed by atoms with Crippen molar-refractivity contribution in [3.05, 3.63) is 29.8 Å². The van der Waals surface area contributed by atoms with Gasteiger partial charge in [-0.3, -0.25) is 9.59 Å². The van der Waals surface area contributed by atoms with Gasteiger partial charge in [0.05, 0.1) is 19.1 Å². The van der Waals surface area contributed by atoms with Gasteiger partial charge in [-0.1, -0.05) is 12.1 Å². The van der Waals surface area contributed by atoms with Gasteiger partial charge in [-0.2, -0.15) is 0 Å². The van der Waals surface area contributed by atoms with Crippen molar-refractivity contribution in [1.29, 1.82) is 0 Å². The van der Waals surface area contributed by atoms with E-state index in [2.05, 4.69) is 5.32 Å². The lowest BCUT2D eigenvalue weighted by Crippen LogP contribution is -2.49. The molecule has 0 spiro atoms. The van der Waals surface area contributed by atoms with Crippen LogP contribution in [0.1, 0.15) is 43.7 Å². The first kappa shape index (κ1) is 20.6. The number of benzene rings is 1. The molecule has 0 bridgehead atoms. The highest BCUT2D eigenvalue weighted by Crippen LogP contribution is 2.38. The first-order valence-electron chi connectivity index (χ1n) is 10.4. The Balaban J connectivity index is 1.72. The fourth-order valence-electron chi connectivity index (χ4n) is 4.58. The normalized spacial score (nSPS) is 23.8. The quantitative estimate of drug-likeness (QED) is 0.815. The molecule has 0 radical (unpaired) electrons. The molecule has 2 amide bonds. The Morgan fingerprint density at radius 1 is 1.18 bits per heavy atom. The van der Waals surface area contributed by atoms with Gasteiger partial charge in [-0.25, -0.2) is 0 Å². The SMILES string of the molecule is CNCCC1CCN(C(=O)C2CCC(=O)N(C)C2c2ccc(OC)cc2)CC1. The zero-order valence-corrected chi connectivity index (χ0v) is 17.3. The summed E-state index contributed by atoms with van der Waals surface area (Å²) in [6.45, 7) is 2.70. The number of likely N-dealkylation sites (tertiary alicyclic amines) is 2. The van der Waals surface area contributed by atoms with Gasteiger partial charge < -0.3 is 19.9 Å². The summed E-state index contributed by atoms with van der Waals surface area (Å²) in [6, 6.07) is 7.54. The average molecular weight is 388 g/mol. The van der Waals surface area contributed by atoms with Gasteiger partial charge in [0.25, 0.3) is 0 Å². The molecule has 1 aromatic rings. The highest BCUT2D eigenvalue weighted by molar-refractivity contribution is 5.85. The lowest BCUT2D eigenvalue weighted by atomic mass is 9.82. The van der Waals surface area contributed by atoms with Crippen LogP contribution < -0.4 is 10.1 Å². The molecule has 2 fully saturated rings. The number of nitrogens with zero attached hydrogens (tertiary/aromatic N) is 2. The molecule has 0 saturated carbocycles. The summed E-state index contributed by atoms with van der Waals surface area (Å²) < 4.78 is 5.25. The smallest absolute Gasteiger partial charge is 0.228 e. The van der Waals surface area contributed by atoms with E-state index in [4.69, 9.17) is 4.74 Å². The third kappa shape index (κ3) is 4.49. The van der Waals surface area contributed by atoms with E-state index in [0.29, 0.717) is 18.8 Å². The van der Waals surface area contributed by atoms with Gasteiger partial charge in [0.2, 0.25) is 11.8 Å². The summed E-state index contributed by atoms with van der Waals surface area (Å²) in [7, 11) is 5.44. The van der Waals surface area contributed by atoms with E-state index in [0.717, 1.165) is 43.8 Å². The maximum Gasteiger partial charge on any atom is 0.228 e. The number of hydrogen-bond acceptors (Lipinski definition) is 4. The Kier molecular flexibility index (Phi) is 6.94. The first-order valence-corrected chi connectivity index (χ1v) is 10.4. The number of methoxy groups -OCH3 is 1.